The van der Waals surface area contributed by atoms with Crippen LogP contribution in [0.3, 0.4) is 0 Å². The lowest BCUT2D eigenvalue weighted by Crippen LogP contribution is -2.25. The van der Waals surface area contributed by atoms with Crippen LogP contribution in [0.4, 0.5) is 5.69 Å². The molecule has 0 amide bonds. The molecule has 3 heteroatoms. The maximum absolute atomic E-state index is 4.79. The number of fused-ring (bicyclic) bond motifs is 1. The topological polar surface area (TPSA) is 28.2 Å². The number of hydrogen-bond acceptors (Lipinski definition) is 3. The number of pyridine rings is 1. The Bertz CT molecular complexity index is 559. The highest BCUT2D eigenvalue weighted by Crippen LogP contribution is 2.27. The van der Waals surface area contributed by atoms with Crippen molar-refractivity contribution in [3.63, 3.8) is 0 Å². The Morgan fingerprint density at radius 2 is 1.76 bits per heavy atom. The molecule has 0 fully saturated rings. The summed E-state index contributed by atoms with van der Waals surface area (Å²) in [6, 6.07) is 10.7. The van der Waals surface area contributed by atoms with E-state index in [9.17, 15) is 0 Å². The zero-order valence-electron chi connectivity index (χ0n) is 13.5. The van der Waals surface area contributed by atoms with Crippen molar-refractivity contribution in [3.8, 4) is 0 Å². The number of anilines is 1. The predicted octanol–water partition coefficient (Wildman–Crippen LogP) is 3.97. The molecule has 0 radical (unpaired) electrons. The molecule has 0 aliphatic rings. The van der Waals surface area contributed by atoms with Crippen LogP contribution in [0.5, 0.6) is 0 Å². The first-order valence-electron chi connectivity index (χ1n) is 8.14. The van der Waals surface area contributed by atoms with Gasteiger partial charge >= 0.3 is 0 Å². The normalized spacial score (nSPS) is 11.0. The molecule has 0 unspecified atom stereocenters. The number of nitrogens with one attached hydrogen (secondary N) is 1. The van der Waals surface area contributed by atoms with E-state index in [-0.39, 0.29) is 0 Å². The van der Waals surface area contributed by atoms with Crippen LogP contribution < -0.4 is 10.2 Å². The average Bonchev–Trinajstić information content (AvgIpc) is 2.52. The maximum Gasteiger partial charge on any atom is 0.0726 e. The van der Waals surface area contributed by atoms with Crippen molar-refractivity contribution in [1.29, 1.82) is 0 Å². The first-order valence-corrected chi connectivity index (χ1v) is 8.14. The van der Waals surface area contributed by atoms with Gasteiger partial charge < -0.3 is 10.2 Å². The van der Waals surface area contributed by atoms with Gasteiger partial charge in [0.15, 0.2) is 0 Å². The molecule has 0 aliphatic carbocycles. The maximum atomic E-state index is 4.79. The summed E-state index contributed by atoms with van der Waals surface area (Å²) in [7, 11) is 0. The largest absolute Gasteiger partial charge is 0.371 e. The third-order valence-corrected chi connectivity index (χ3v) is 3.63. The molecule has 0 atom stereocenters. The minimum Gasteiger partial charge on any atom is -0.371 e. The van der Waals surface area contributed by atoms with Gasteiger partial charge in [-0.2, -0.15) is 0 Å². The fourth-order valence-corrected chi connectivity index (χ4v) is 2.71. The predicted molar refractivity (Wildman–Crippen MR) is 91.9 cm³/mol. The number of para-hydroxylation sites is 1. The number of hydrogen-bond donors (Lipinski definition) is 1. The summed E-state index contributed by atoms with van der Waals surface area (Å²) in [6.45, 7) is 10.6. The van der Waals surface area contributed by atoms with Crippen LogP contribution in [0.1, 0.15) is 39.3 Å². The Balaban J connectivity index is 2.46. The second kappa shape index (κ2) is 7.99. The van der Waals surface area contributed by atoms with Gasteiger partial charge in [0.05, 0.1) is 11.2 Å². The first kappa shape index (κ1) is 15.8. The van der Waals surface area contributed by atoms with Crippen molar-refractivity contribution < 1.29 is 0 Å². The van der Waals surface area contributed by atoms with Gasteiger partial charge in [-0.3, -0.25) is 4.98 Å². The standard InChI is InChI=1S/C18H27N3/c1-4-11-21(12-5-2)18-13-15(14-19-6-3)20-17-10-8-7-9-16(17)18/h7-10,13,19H,4-6,11-12,14H2,1-3H3. The van der Waals surface area contributed by atoms with Gasteiger partial charge in [-0.05, 0) is 31.5 Å². The molecule has 21 heavy (non-hydrogen) atoms. The monoisotopic (exact) mass is 285 g/mol. The quantitative estimate of drug-likeness (QED) is 0.795. The van der Waals surface area contributed by atoms with Gasteiger partial charge in [-0.25, -0.2) is 0 Å². The zero-order chi connectivity index (χ0) is 15.1. The Morgan fingerprint density at radius 1 is 1.05 bits per heavy atom. The first-order chi connectivity index (χ1) is 10.3. The van der Waals surface area contributed by atoms with E-state index < -0.39 is 0 Å². The molecular formula is C18H27N3. The zero-order valence-corrected chi connectivity index (χ0v) is 13.5. The molecule has 3 nitrogen and oxygen atoms in total. The van der Waals surface area contributed by atoms with Crippen LogP contribution in [0.25, 0.3) is 10.9 Å². The Hall–Kier alpha value is -1.61. The molecule has 1 aromatic heterocycles. The van der Waals surface area contributed by atoms with E-state index in [1.807, 2.05) is 0 Å². The van der Waals surface area contributed by atoms with Crippen LogP contribution in [-0.4, -0.2) is 24.6 Å². The molecule has 0 saturated carbocycles. The smallest absolute Gasteiger partial charge is 0.0726 e. The van der Waals surface area contributed by atoms with E-state index in [4.69, 9.17) is 4.98 Å². The number of nitrogens with zero attached hydrogens (tertiary/aromatic N) is 2. The van der Waals surface area contributed by atoms with Crippen molar-refractivity contribution in [2.45, 2.75) is 40.2 Å². The van der Waals surface area contributed by atoms with E-state index in [2.05, 4.69) is 61.3 Å². The molecule has 0 aliphatic heterocycles. The summed E-state index contributed by atoms with van der Waals surface area (Å²) in [5.74, 6) is 0. The molecule has 1 N–H and O–H groups in total. The molecular weight excluding hydrogens is 258 g/mol. The molecule has 2 rings (SSSR count). The van der Waals surface area contributed by atoms with E-state index in [0.717, 1.165) is 37.4 Å². The van der Waals surface area contributed by atoms with Crippen molar-refractivity contribution in [2.75, 3.05) is 24.5 Å². The molecule has 1 heterocycles. The lowest BCUT2D eigenvalue weighted by molar-refractivity contribution is 0.709. The van der Waals surface area contributed by atoms with E-state index in [0.29, 0.717) is 0 Å². The summed E-state index contributed by atoms with van der Waals surface area (Å²) in [6.07, 6.45) is 2.33. The lowest BCUT2D eigenvalue weighted by Gasteiger charge is -2.26. The highest BCUT2D eigenvalue weighted by atomic mass is 15.1. The van der Waals surface area contributed by atoms with Crippen LogP contribution in [-0.2, 0) is 6.54 Å². The SMILES string of the molecule is CCCN(CCC)c1cc(CNCC)nc2ccccc12. The van der Waals surface area contributed by atoms with Gasteiger partial charge in [0.2, 0.25) is 0 Å². The summed E-state index contributed by atoms with van der Waals surface area (Å²) < 4.78 is 0. The average molecular weight is 285 g/mol. The fourth-order valence-electron chi connectivity index (χ4n) is 2.71. The van der Waals surface area contributed by atoms with Crippen LogP contribution in [0.2, 0.25) is 0 Å². The van der Waals surface area contributed by atoms with E-state index in [1.54, 1.807) is 0 Å². The highest BCUT2D eigenvalue weighted by Gasteiger charge is 2.11. The molecule has 1 aromatic carbocycles. The van der Waals surface area contributed by atoms with Crippen molar-refractivity contribution in [1.82, 2.24) is 10.3 Å². The minimum absolute atomic E-state index is 0.834. The van der Waals surface area contributed by atoms with Gasteiger partial charge in [0, 0.05) is 30.7 Å². The Morgan fingerprint density at radius 3 is 2.43 bits per heavy atom. The van der Waals surface area contributed by atoms with Gasteiger partial charge in [-0.1, -0.05) is 39.0 Å². The summed E-state index contributed by atoms with van der Waals surface area (Å²) in [5.41, 5.74) is 3.56. The lowest BCUT2D eigenvalue weighted by atomic mass is 10.1. The van der Waals surface area contributed by atoms with E-state index >= 15 is 0 Å². The van der Waals surface area contributed by atoms with Gasteiger partial charge in [-0.15, -0.1) is 0 Å². The second-order valence-electron chi connectivity index (χ2n) is 5.42. The third-order valence-electron chi connectivity index (χ3n) is 3.63. The van der Waals surface area contributed by atoms with Gasteiger partial charge in [0.25, 0.3) is 0 Å². The third kappa shape index (κ3) is 3.94. The molecule has 114 valence electrons. The highest BCUT2D eigenvalue weighted by molar-refractivity contribution is 5.92. The van der Waals surface area contributed by atoms with Crippen molar-refractivity contribution in [3.05, 3.63) is 36.0 Å². The molecule has 2 aromatic rings. The summed E-state index contributed by atoms with van der Waals surface area (Å²) in [4.78, 5) is 7.29. The van der Waals surface area contributed by atoms with Crippen LogP contribution >= 0.6 is 0 Å². The molecule has 0 bridgehead atoms. The second-order valence-corrected chi connectivity index (χ2v) is 5.42. The van der Waals surface area contributed by atoms with Crippen LogP contribution in [0, 0.1) is 0 Å². The molecule has 0 saturated heterocycles. The Kier molecular flexibility index (Phi) is 6.00. The molecule has 0 spiro atoms. The number of rotatable bonds is 8. The van der Waals surface area contributed by atoms with Crippen LogP contribution in [0.15, 0.2) is 30.3 Å². The fraction of sp³-hybridized carbons (Fsp3) is 0.500. The minimum atomic E-state index is 0.834. The van der Waals surface area contributed by atoms with Gasteiger partial charge in [0.1, 0.15) is 0 Å². The van der Waals surface area contributed by atoms with E-state index in [1.165, 1.54) is 23.9 Å². The summed E-state index contributed by atoms with van der Waals surface area (Å²) >= 11 is 0. The number of aromatic nitrogens is 1. The number of benzene rings is 1. The van der Waals surface area contributed by atoms with Crippen molar-refractivity contribution in [2.24, 2.45) is 0 Å². The summed E-state index contributed by atoms with van der Waals surface area (Å²) in [5, 5.41) is 4.64. The Labute approximate surface area is 128 Å². The van der Waals surface area contributed by atoms with Crippen molar-refractivity contribution >= 4 is 16.6 Å².